The molecule has 0 radical (unpaired) electrons. The van der Waals surface area contributed by atoms with Gasteiger partial charge in [0.25, 0.3) is 0 Å². The molecule has 0 fully saturated rings. The Morgan fingerprint density at radius 2 is 1.77 bits per heavy atom. The molecule has 1 heterocycles. The van der Waals surface area contributed by atoms with Gasteiger partial charge in [-0.25, -0.2) is 0 Å². The Bertz CT molecular complexity index is 992. The second-order valence-corrected chi connectivity index (χ2v) is 6.73. The zero-order valence-electron chi connectivity index (χ0n) is 17.7. The average Bonchev–Trinajstić information content (AvgIpc) is 3.06. The van der Waals surface area contributed by atoms with Gasteiger partial charge in [0, 0.05) is 36.7 Å². The van der Waals surface area contributed by atoms with Crippen LogP contribution in [-0.4, -0.2) is 43.9 Å². The molecule has 0 saturated heterocycles. The molecule has 30 heavy (non-hydrogen) atoms. The number of rotatable bonds is 7. The van der Waals surface area contributed by atoms with E-state index in [4.69, 9.17) is 9.47 Å². The summed E-state index contributed by atoms with van der Waals surface area (Å²) in [5.74, 6) is 1.45. The summed E-state index contributed by atoms with van der Waals surface area (Å²) in [7, 11) is 4.77. The van der Waals surface area contributed by atoms with Gasteiger partial charge < -0.3 is 30.2 Å². The smallest absolute Gasteiger partial charge is 0.200 e. The molecule has 0 atom stereocenters. The first-order valence-electron chi connectivity index (χ1n) is 9.52. The van der Waals surface area contributed by atoms with Crippen LogP contribution in [0.15, 0.2) is 41.4 Å². The van der Waals surface area contributed by atoms with Gasteiger partial charge in [0.1, 0.15) is 0 Å². The first kappa shape index (κ1) is 23.7. The van der Waals surface area contributed by atoms with E-state index in [0.717, 1.165) is 24.0 Å². The lowest BCUT2D eigenvalue weighted by molar-refractivity contribution is 0.339. The van der Waals surface area contributed by atoms with E-state index in [0.29, 0.717) is 24.0 Å². The number of phenols is 1. The molecule has 8 heteroatoms. The van der Waals surface area contributed by atoms with Crippen molar-refractivity contribution in [2.45, 2.75) is 19.9 Å². The first-order valence-corrected chi connectivity index (χ1v) is 9.52. The highest BCUT2D eigenvalue weighted by Gasteiger charge is 2.12. The van der Waals surface area contributed by atoms with Crippen molar-refractivity contribution in [1.82, 2.24) is 15.6 Å². The van der Waals surface area contributed by atoms with Crippen molar-refractivity contribution in [1.29, 1.82) is 0 Å². The molecule has 4 N–H and O–H groups in total. The van der Waals surface area contributed by atoms with Crippen molar-refractivity contribution in [3.05, 3.63) is 53.2 Å². The van der Waals surface area contributed by atoms with E-state index in [1.54, 1.807) is 19.2 Å². The molecule has 0 aliphatic rings. The maximum absolute atomic E-state index is 10.0. The number of hydrogen-bond acceptors (Lipinski definition) is 4. The maximum atomic E-state index is 10.0. The van der Waals surface area contributed by atoms with Crippen LogP contribution in [0.3, 0.4) is 0 Å². The third-order valence-electron chi connectivity index (χ3n) is 4.92. The lowest BCUT2D eigenvalue weighted by Gasteiger charge is -2.14. The lowest BCUT2D eigenvalue weighted by Crippen LogP contribution is -2.37. The second-order valence-electron chi connectivity index (χ2n) is 6.73. The van der Waals surface area contributed by atoms with Gasteiger partial charge in [-0.3, -0.25) is 4.99 Å². The van der Waals surface area contributed by atoms with Gasteiger partial charge in [0.2, 0.25) is 5.75 Å². The van der Waals surface area contributed by atoms with Crippen LogP contribution in [0.5, 0.6) is 17.2 Å². The Morgan fingerprint density at radius 3 is 2.40 bits per heavy atom. The Balaban J connectivity index is 0.00000320. The molecule has 2 aromatic carbocycles. The number of guanidine groups is 1. The summed E-state index contributed by atoms with van der Waals surface area (Å²) in [6.07, 6.45) is 0.886. The summed E-state index contributed by atoms with van der Waals surface area (Å²) in [4.78, 5) is 7.72. The van der Waals surface area contributed by atoms with Crippen molar-refractivity contribution in [2.24, 2.45) is 4.99 Å². The van der Waals surface area contributed by atoms with Crippen LogP contribution >= 0.6 is 24.0 Å². The number of aliphatic imine (C=N–C) groups is 1. The minimum Gasteiger partial charge on any atom is -0.502 e. The van der Waals surface area contributed by atoms with Crippen molar-refractivity contribution in [2.75, 3.05) is 27.8 Å². The van der Waals surface area contributed by atoms with Crippen molar-refractivity contribution in [3.8, 4) is 17.2 Å². The lowest BCUT2D eigenvalue weighted by atomic mass is 10.1. The summed E-state index contributed by atoms with van der Waals surface area (Å²) >= 11 is 0. The summed E-state index contributed by atoms with van der Waals surface area (Å²) in [5, 5.41) is 17.9. The summed E-state index contributed by atoms with van der Waals surface area (Å²) < 4.78 is 10.4. The fraction of sp³-hybridized carbons (Fsp3) is 0.318. The number of aromatic hydroxyl groups is 1. The molecule has 0 amide bonds. The number of H-pyrrole nitrogens is 1. The van der Waals surface area contributed by atoms with Crippen LogP contribution in [0.4, 0.5) is 0 Å². The largest absolute Gasteiger partial charge is 0.502 e. The van der Waals surface area contributed by atoms with Crippen LogP contribution in [0.25, 0.3) is 10.9 Å². The quantitative estimate of drug-likeness (QED) is 0.215. The fourth-order valence-corrected chi connectivity index (χ4v) is 3.42. The van der Waals surface area contributed by atoms with Crippen molar-refractivity contribution >= 4 is 40.8 Å². The van der Waals surface area contributed by atoms with Gasteiger partial charge in [0.05, 0.1) is 14.2 Å². The van der Waals surface area contributed by atoms with Gasteiger partial charge in [-0.05, 0) is 42.7 Å². The number of nitrogens with one attached hydrogen (secondary N) is 3. The molecule has 0 unspecified atom stereocenters. The zero-order valence-corrected chi connectivity index (χ0v) is 20.0. The predicted molar refractivity (Wildman–Crippen MR) is 132 cm³/mol. The van der Waals surface area contributed by atoms with E-state index in [1.165, 1.54) is 30.9 Å². The molecule has 162 valence electrons. The number of aromatic amines is 1. The number of ether oxygens (including phenoxy) is 2. The number of halogens is 1. The number of aryl methyl sites for hydroxylation is 1. The molecule has 7 nitrogen and oxygen atoms in total. The Hall–Kier alpha value is -2.62. The SMILES string of the molecule is CN=C(NCCc1c(C)[nH]c2ccccc12)NCc1cc(OC)c(O)c(OC)c1.I. The van der Waals surface area contributed by atoms with E-state index in [1.807, 2.05) is 6.07 Å². The van der Waals surface area contributed by atoms with Crippen LogP contribution in [0.1, 0.15) is 16.8 Å². The Kier molecular flexibility index (Phi) is 8.64. The van der Waals surface area contributed by atoms with Crippen LogP contribution in [0.2, 0.25) is 0 Å². The summed E-state index contributed by atoms with van der Waals surface area (Å²) in [6, 6.07) is 11.9. The summed E-state index contributed by atoms with van der Waals surface area (Å²) in [5.41, 5.74) is 4.58. The standard InChI is InChI=1S/C22H28N4O3.HI/c1-14-16(17-7-5-6-8-18(17)26-14)9-10-24-22(23-2)25-13-15-11-19(28-3)21(27)20(12-15)29-4;/h5-8,11-12,26-27H,9-10,13H2,1-4H3,(H2,23,24,25);1H. The van der Waals surface area contributed by atoms with Gasteiger partial charge in [0.15, 0.2) is 17.5 Å². The topological polar surface area (TPSA) is 90.9 Å². The second kappa shape index (κ2) is 11.0. The maximum Gasteiger partial charge on any atom is 0.200 e. The Morgan fingerprint density at radius 1 is 1.10 bits per heavy atom. The van der Waals surface area contributed by atoms with Gasteiger partial charge in [-0.15, -0.1) is 24.0 Å². The number of fused-ring (bicyclic) bond motifs is 1. The number of aromatic nitrogens is 1. The highest BCUT2D eigenvalue weighted by molar-refractivity contribution is 14.0. The van der Waals surface area contributed by atoms with Gasteiger partial charge in [-0.2, -0.15) is 0 Å². The molecule has 0 aliphatic carbocycles. The number of phenolic OH excluding ortho intramolecular Hbond substituents is 1. The number of hydrogen-bond donors (Lipinski definition) is 4. The monoisotopic (exact) mass is 524 g/mol. The van der Waals surface area contributed by atoms with E-state index in [9.17, 15) is 5.11 Å². The van der Waals surface area contributed by atoms with Crippen LogP contribution in [0, 0.1) is 6.92 Å². The van der Waals surface area contributed by atoms with Crippen LogP contribution < -0.4 is 20.1 Å². The number of benzene rings is 2. The molecular formula is C22H29IN4O3. The third-order valence-corrected chi connectivity index (χ3v) is 4.92. The average molecular weight is 524 g/mol. The molecule has 3 rings (SSSR count). The van der Waals surface area contributed by atoms with E-state index >= 15 is 0 Å². The number of nitrogens with zero attached hydrogens (tertiary/aromatic N) is 1. The fourth-order valence-electron chi connectivity index (χ4n) is 3.42. The number of para-hydroxylation sites is 1. The first-order chi connectivity index (χ1) is 14.1. The minimum atomic E-state index is -0.00430. The van der Waals surface area contributed by atoms with Crippen molar-refractivity contribution in [3.63, 3.8) is 0 Å². The third kappa shape index (κ3) is 5.29. The number of methoxy groups -OCH3 is 2. The predicted octanol–water partition coefficient (Wildman–Crippen LogP) is 3.72. The Labute approximate surface area is 193 Å². The molecule has 0 spiro atoms. The highest BCUT2D eigenvalue weighted by Crippen LogP contribution is 2.37. The van der Waals surface area contributed by atoms with Gasteiger partial charge >= 0.3 is 0 Å². The van der Waals surface area contributed by atoms with E-state index in [2.05, 4.69) is 45.7 Å². The normalized spacial score (nSPS) is 11.1. The molecule has 0 bridgehead atoms. The minimum absolute atomic E-state index is 0. The molecular weight excluding hydrogens is 495 g/mol. The van der Waals surface area contributed by atoms with E-state index < -0.39 is 0 Å². The van der Waals surface area contributed by atoms with Crippen molar-refractivity contribution < 1.29 is 14.6 Å². The molecule has 3 aromatic rings. The molecule has 0 aliphatic heterocycles. The molecule has 0 saturated carbocycles. The van der Waals surface area contributed by atoms with Crippen LogP contribution in [-0.2, 0) is 13.0 Å². The summed E-state index contributed by atoms with van der Waals surface area (Å²) in [6.45, 7) is 3.37. The van der Waals surface area contributed by atoms with E-state index in [-0.39, 0.29) is 29.7 Å². The molecule has 1 aromatic heterocycles. The highest BCUT2D eigenvalue weighted by atomic mass is 127. The zero-order chi connectivity index (χ0) is 20.8. The van der Waals surface area contributed by atoms with Gasteiger partial charge in [-0.1, -0.05) is 18.2 Å².